The lowest BCUT2D eigenvalue weighted by molar-refractivity contribution is 0.102. The SMILES string of the molecule is O=C(Nc1ccc(N2CCCC2)cn1)c1cccc(OCc2ccc(F)cc2)c1. The number of carbonyl (C=O) groups excluding carboxylic acids is 1. The second-order valence-electron chi connectivity index (χ2n) is 6.99. The minimum atomic E-state index is -0.283. The Balaban J connectivity index is 1.37. The molecular formula is C23H22FN3O2. The summed E-state index contributed by atoms with van der Waals surface area (Å²) < 4.78 is 18.7. The summed E-state index contributed by atoms with van der Waals surface area (Å²) in [4.78, 5) is 19.2. The van der Waals surface area contributed by atoms with Gasteiger partial charge in [-0.25, -0.2) is 9.37 Å². The van der Waals surface area contributed by atoms with Gasteiger partial charge < -0.3 is 15.0 Å². The van der Waals surface area contributed by atoms with Gasteiger partial charge in [0.2, 0.25) is 0 Å². The molecule has 0 saturated carbocycles. The highest BCUT2D eigenvalue weighted by Crippen LogP contribution is 2.21. The summed E-state index contributed by atoms with van der Waals surface area (Å²) in [5, 5.41) is 2.82. The third-order valence-corrected chi connectivity index (χ3v) is 4.88. The number of hydrogen-bond acceptors (Lipinski definition) is 4. The number of carbonyl (C=O) groups is 1. The highest BCUT2D eigenvalue weighted by atomic mass is 19.1. The maximum absolute atomic E-state index is 13.0. The monoisotopic (exact) mass is 391 g/mol. The normalized spacial score (nSPS) is 13.3. The van der Waals surface area contributed by atoms with Crippen LogP contribution in [-0.2, 0) is 6.61 Å². The Kier molecular flexibility index (Phi) is 5.70. The van der Waals surface area contributed by atoms with Gasteiger partial charge in [-0.05, 0) is 60.9 Å². The third kappa shape index (κ3) is 4.90. The number of anilines is 2. The van der Waals surface area contributed by atoms with Crippen molar-refractivity contribution in [3.05, 3.63) is 83.8 Å². The molecule has 2 heterocycles. The summed E-state index contributed by atoms with van der Waals surface area (Å²) in [6.07, 6.45) is 4.21. The molecule has 1 saturated heterocycles. The van der Waals surface area contributed by atoms with E-state index < -0.39 is 0 Å². The zero-order valence-corrected chi connectivity index (χ0v) is 16.0. The van der Waals surface area contributed by atoms with E-state index in [4.69, 9.17) is 4.74 Å². The fraction of sp³-hybridized carbons (Fsp3) is 0.217. The zero-order valence-electron chi connectivity index (χ0n) is 16.0. The highest BCUT2D eigenvalue weighted by Gasteiger charge is 2.13. The van der Waals surface area contributed by atoms with Crippen molar-refractivity contribution < 1.29 is 13.9 Å². The van der Waals surface area contributed by atoms with Gasteiger partial charge >= 0.3 is 0 Å². The molecule has 3 aromatic rings. The average Bonchev–Trinajstić information content (AvgIpc) is 3.29. The molecule has 1 fully saturated rings. The maximum atomic E-state index is 13.0. The predicted molar refractivity (Wildman–Crippen MR) is 111 cm³/mol. The van der Waals surface area contributed by atoms with E-state index in [0.29, 0.717) is 23.7 Å². The van der Waals surface area contributed by atoms with Crippen molar-refractivity contribution in [2.24, 2.45) is 0 Å². The summed E-state index contributed by atoms with van der Waals surface area (Å²) in [5.74, 6) is 0.544. The fourth-order valence-electron chi connectivity index (χ4n) is 3.29. The van der Waals surface area contributed by atoms with Crippen molar-refractivity contribution in [2.45, 2.75) is 19.4 Å². The molecule has 6 heteroatoms. The van der Waals surface area contributed by atoms with Crippen molar-refractivity contribution in [1.29, 1.82) is 0 Å². The predicted octanol–water partition coefficient (Wildman–Crippen LogP) is 4.65. The first-order valence-electron chi connectivity index (χ1n) is 9.67. The number of hydrogen-bond donors (Lipinski definition) is 1. The molecule has 0 radical (unpaired) electrons. The van der Waals surface area contributed by atoms with Crippen LogP contribution in [0.3, 0.4) is 0 Å². The zero-order chi connectivity index (χ0) is 20.1. The molecule has 1 aliphatic rings. The third-order valence-electron chi connectivity index (χ3n) is 4.88. The minimum absolute atomic E-state index is 0.251. The van der Waals surface area contributed by atoms with Gasteiger partial charge in [0.15, 0.2) is 0 Å². The van der Waals surface area contributed by atoms with Crippen LogP contribution in [0.15, 0.2) is 66.9 Å². The lowest BCUT2D eigenvalue weighted by Gasteiger charge is -2.17. The van der Waals surface area contributed by atoms with E-state index in [1.54, 1.807) is 42.6 Å². The van der Waals surface area contributed by atoms with Crippen LogP contribution in [0.25, 0.3) is 0 Å². The lowest BCUT2D eigenvalue weighted by Crippen LogP contribution is -2.18. The first-order chi connectivity index (χ1) is 14.2. The molecule has 0 spiro atoms. The molecule has 0 bridgehead atoms. The van der Waals surface area contributed by atoms with Crippen LogP contribution < -0.4 is 15.0 Å². The largest absolute Gasteiger partial charge is 0.489 e. The molecule has 1 amide bonds. The standard InChI is InChI=1S/C23H22FN3O2/c24-19-8-6-17(7-9-19)16-29-21-5-3-4-18(14-21)23(28)26-22-11-10-20(15-25-22)27-12-1-2-13-27/h3-11,14-15H,1-2,12-13,16H2,(H,25,26,28). The molecule has 4 rings (SSSR count). The summed E-state index contributed by atoms with van der Waals surface area (Å²) >= 11 is 0. The van der Waals surface area contributed by atoms with E-state index in [2.05, 4.69) is 15.2 Å². The average molecular weight is 391 g/mol. The first-order valence-corrected chi connectivity index (χ1v) is 9.67. The molecule has 1 aliphatic heterocycles. The number of amides is 1. The van der Waals surface area contributed by atoms with Crippen LogP contribution in [0.2, 0.25) is 0 Å². The molecule has 1 N–H and O–H groups in total. The van der Waals surface area contributed by atoms with Gasteiger partial charge in [0, 0.05) is 18.7 Å². The number of rotatable bonds is 6. The van der Waals surface area contributed by atoms with Gasteiger partial charge in [-0.3, -0.25) is 4.79 Å². The Morgan fingerprint density at radius 1 is 1.07 bits per heavy atom. The van der Waals surface area contributed by atoms with Gasteiger partial charge in [-0.15, -0.1) is 0 Å². The smallest absolute Gasteiger partial charge is 0.256 e. The summed E-state index contributed by atoms with van der Waals surface area (Å²) in [7, 11) is 0. The Bertz CT molecular complexity index is 968. The highest BCUT2D eigenvalue weighted by molar-refractivity contribution is 6.04. The fourth-order valence-corrected chi connectivity index (χ4v) is 3.29. The summed E-state index contributed by atoms with van der Waals surface area (Å²) in [6.45, 7) is 2.40. The topological polar surface area (TPSA) is 54.5 Å². The maximum Gasteiger partial charge on any atom is 0.256 e. The van der Waals surface area contributed by atoms with Crippen LogP contribution >= 0.6 is 0 Å². The number of pyridine rings is 1. The second kappa shape index (κ2) is 8.73. The molecule has 5 nitrogen and oxygen atoms in total. The Morgan fingerprint density at radius 2 is 1.86 bits per heavy atom. The number of nitrogens with zero attached hydrogens (tertiary/aromatic N) is 2. The van der Waals surface area contributed by atoms with E-state index in [1.165, 1.54) is 25.0 Å². The number of halogens is 1. The van der Waals surface area contributed by atoms with Crippen LogP contribution in [-0.4, -0.2) is 24.0 Å². The van der Waals surface area contributed by atoms with Crippen LogP contribution in [0.4, 0.5) is 15.9 Å². The summed E-state index contributed by atoms with van der Waals surface area (Å²) in [6, 6.07) is 16.9. The van der Waals surface area contributed by atoms with E-state index in [-0.39, 0.29) is 11.7 Å². The van der Waals surface area contributed by atoms with E-state index in [0.717, 1.165) is 24.3 Å². The number of nitrogens with one attached hydrogen (secondary N) is 1. The molecule has 29 heavy (non-hydrogen) atoms. The van der Waals surface area contributed by atoms with Gasteiger partial charge in [0.25, 0.3) is 5.91 Å². The molecule has 0 aliphatic carbocycles. The van der Waals surface area contributed by atoms with Crippen molar-refractivity contribution in [3.63, 3.8) is 0 Å². The lowest BCUT2D eigenvalue weighted by atomic mass is 10.2. The number of aromatic nitrogens is 1. The number of ether oxygens (including phenoxy) is 1. The van der Waals surface area contributed by atoms with Gasteiger partial charge in [-0.1, -0.05) is 18.2 Å². The Morgan fingerprint density at radius 3 is 2.59 bits per heavy atom. The van der Waals surface area contributed by atoms with Crippen molar-refractivity contribution in [2.75, 3.05) is 23.3 Å². The first kappa shape index (κ1) is 18.9. The van der Waals surface area contributed by atoms with Gasteiger partial charge in [-0.2, -0.15) is 0 Å². The van der Waals surface area contributed by atoms with Crippen molar-refractivity contribution in [3.8, 4) is 5.75 Å². The van der Waals surface area contributed by atoms with Crippen LogP contribution in [0, 0.1) is 5.82 Å². The van der Waals surface area contributed by atoms with Gasteiger partial charge in [0.1, 0.15) is 24.0 Å². The van der Waals surface area contributed by atoms with E-state index in [1.807, 2.05) is 12.1 Å². The minimum Gasteiger partial charge on any atom is -0.489 e. The quantitative estimate of drug-likeness (QED) is 0.664. The Labute approximate surface area is 169 Å². The molecule has 148 valence electrons. The molecule has 2 aromatic carbocycles. The molecular weight excluding hydrogens is 369 g/mol. The van der Waals surface area contributed by atoms with Gasteiger partial charge in [0.05, 0.1) is 11.9 Å². The molecule has 0 atom stereocenters. The second-order valence-corrected chi connectivity index (χ2v) is 6.99. The Hall–Kier alpha value is -3.41. The molecule has 1 aromatic heterocycles. The van der Waals surface area contributed by atoms with Crippen LogP contribution in [0.5, 0.6) is 5.75 Å². The summed E-state index contributed by atoms with van der Waals surface area (Å²) in [5.41, 5.74) is 2.41. The van der Waals surface area contributed by atoms with Crippen LogP contribution in [0.1, 0.15) is 28.8 Å². The van der Waals surface area contributed by atoms with Crippen molar-refractivity contribution >= 4 is 17.4 Å². The van der Waals surface area contributed by atoms with E-state index >= 15 is 0 Å². The number of benzene rings is 2. The van der Waals surface area contributed by atoms with E-state index in [9.17, 15) is 9.18 Å². The van der Waals surface area contributed by atoms with Crippen molar-refractivity contribution in [1.82, 2.24) is 4.98 Å². The molecule has 0 unspecified atom stereocenters.